The van der Waals surface area contributed by atoms with Crippen LogP contribution in [0.1, 0.15) is 32.9 Å². The summed E-state index contributed by atoms with van der Waals surface area (Å²) in [5, 5.41) is 7.40. The number of carbonyl (C=O) groups excluding carboxylic acids is 1. The zero-order valence-corrected chi connectivity index (χ0v) is 13.9. The van der Waals surface area contributed by atoms with Gasteiger partial charge in [0, 0.05) is 26.1 Å². The number of aromatic nitrogens is 4. The van der Waals surface area contributed by atoms with Gasteiger partial charge < -0.3 is 14.9 Å². The van der Waals surface area contributed by atoms with Crippen molar-refractivity contribution in [1.29, 1.82) is 0 Å². The van der Waals surface area contributed by atoms with Crippen molar-refractivity contribution in [2.24, 2.45) is 5.92 Å². The molecule has 2 N–H and O–H groups in total. The minimum absolute atomic E-state index is 0.0548. The monoisotopic (exact) mass is 309 g/mol. The van der Waals surface area contributed by atoms with Crippen LogP contribution in [0.4, 0.5) is 0 Å². The summed E-state index contributed by atoms with van der Waals surface area (Å²) in [6.07, 6.45) is 0.419. The number of imidazole rings is 1. The second-order valence-corrected chi connectivity index (χ2v) is 6.02. The molecular formula is C14H23N5OS. The molecule has 0 saturated carbocycles. The molecule has 2 heterocycles. The zero-order chi connectivity index (χ0) is 15.6. The Morgan fingerprint density at radius 2 is 2.19 bits per heavy atom. The summed E-state index contributed by atoms with van der Waals surface area (Å²) >= 11 is 5.37. The smallest absolute Gasteiger partial charge is 0.221 e. The predicted molar refractivity (Wildman–Crippen MR) is 85.8 cm³/mol. The topological polar surface area (TPSA) is 67.6 Å². The highest BCUT2D eigenvalue weighted by atomic mass is 32.1. The molecule has 0 fully saturated rings. The van der Waals surface area contributed by atoms with Gasteiger partial charge in [0.1, 0.15) is 5.52 Å². The number of H-pyrrole nitrogens is 1. The summed E-state index contributed by atoms with van der Waals surface area (Å²) in [6.45, 7) is 10.2. The molecule has 0 aromatic carbocycles. The van der Waals surface area contributed by atoms with Crippen LogP contribution < -0.4 is 5.32 Å². The van der Waals surface area contributed by atoms with Gasteiger partial charge in [-0.1, -0.05) is 13.8 Å². The summed E-state index contributed by atoms with van der Waals surface area (Å²) in [5.74, 6) is 0.512. The lowest BCUT2D eigenvalue weighted by molar-refractivity contribution is -0.121. The molecule has 2 rings (SSSR count). The molecule has 116 valence electrons. The lowest BCUT2D eigenvalue weighted by atomic mass is 10.2. The number of fused-ring (bicyclic) bond motifs is 1. The van der Waals surface area contributed by atoms with Crippen LogP contribution in [0.2, 0.25) is 0 Å². The second kappa shape index (κ2) is 6.43. The van der Waals surface area contributed by atoms with Crippen molar-refractivity contribution >= 4 is 29.3 Å². The van der Waals surface area contributed by atoms with E-state index in [0.717, 1.165) is 23.4 Å². The minimum Gasteiger partial charge on any atom is -0.356 e. The number of rotatable bonds is 6. The third kappa shape index (κ3) is 3.34. The number of carbonyl (C=O) groups is 1. The average molecular weight is 309 g/mol. The first-order valence-corrected chi connectivity index (χ1v) is 7.77. The van der Waals surface area contributed by atoms with Crippen LogP contribution in [0, 0.1) is 17.6 Å². The van der Waals surface area contributed by atoms with E-state index in [1.54, 1.807) is 0 Å². The van der Waals surface area contributed by atoms with E-state index < -0.39 is 0 Å². The van der Waals surface area contributed by atoms with Crippen molar-refractivity contribution in [3.8, 4) is 0 Å². The van der Waals surface area contributed by atoms with E-state index in [4.69, 9.17) is 12.2 Å². The van der Waals surface area contributed by atoms with E-state index in [1.807, 2.05) is 23.1 Å². The second-order valence-electron chi connectivity index (χ2n) is 5.63. The molecule has 0 unspecified atom stereocenters. The van der Waals surface area contributed by atoms with Gasteiger partial charge in [0.2, 0.25) is 5.91 Å². The molecule has 0 aliphatic rings. The quantitative estimate of drug-likeness (QED) is 0.805. The van der Waals surface area contributed by atoms with Crippen LogP contribution in [0.3, 0.4) is 0 Å². The maximum atomic E-state index is 11.9. The normalized spacial score (nSPS) is 11.5. The molecule has 0 spiro atoms. The summed E-state index contributed by atoms with van der Waals surface area (Å²) in [6, 6.07) is 0. The summed E-state index contributed by atoms with van der Waals surface area (Å²) in [7, 11) is 0. The highest BCUT2D eigenvalue weighted by Crippen LogP contribution is 2.18. The molecule has 0 aliphatic heterocycles. The molecule has 0 atom stereocenters. The van der Waals surface area contributed by atoms with Crippen LogP contribution in [0.25, 0.3) is 11.2 Å². The van der Waals surface area contributed by atoms with E-state index in [2.05, 4.69) is 29.2 Å². The maximum absolute atomic E-state index is 11.9. The first-order valence-electron chi connectivity index (χ1n) is 7.36. The zero-order valence-electron chi connectivity index (χ0n) is 13.1. The first kappa shape index (κ1) is 15.8. The molecule has 2 aromatic heterocycles. The van der Waals surface area contributed by atoms with Crippen molar-refractivity contribution in [3.05, 3.63) is 10.5 Å². The number of aromatic amines is 1. The van der Waals surface area contributed by atoms with Gasteiger partial charge in [-0.05, 0) is 32.0 Å². The Balaban J connectivity index is 2.17. The molecular weight excluding hydrogens is 286 g/mol. The van der Waals surface area contributed by atoms with Crippen molar-refractivity contribution in [2.45, 2.75) is 47.2 Å². The summed E-state index contributed by atoms with van der Waals surface area (Å²) in [5.41, 5.74) is 2.86. The van der Waals surface area contributed by atoms with Gasteiger partial charge in [0.25, 0.3) is 0 Å². The van der Waals surface area contributed by atoms with Crippen molar-refractivity contribution in [2.75, 3.05) is 6.54 Å². The van der Waals surface area contributed by atoms with E-state index in [-0.39, 0.29) is 5.91 Å². The van der Waals surface area contributed by atoms with Gasteiger partial charge in [0.05, 0.1) is 5.69 Å². The predicted octanol–water partition coefficient (Wildman–Crippen LogP) is 2.39. The Hall–Kier alpha value is -1.63. The van der Waals surface area contributed by atoms with Crippen molar-refractivity contribution in [3.63, 3.8) is 0 Å². The van der Waals surface area contributed by atoms with Gasteiger partial charge >= 0.3 is 0 Å². The Morgan fingerprint density at radius 1 is 1.48 bits per heavy atom. The van der Waals surface area contributed by atoms with Crippen LogP contribution in [-0.2, 0) is 17.9 Å². The molecule has 21 heavy (non-hydrogen) atoms. The van der Waals surface area contributed by atoms with Crippen LogP contribution in [0.15, 0.2) is 0 Å². The van der Waals surface area contributed by atoms with E-state index in [0.29, 0.717) is 30.2 Å². The third-order valence-electron chi connectivity index (χ3n) is 3.40. The average Bonchev–Trinajstić information content (AvgIpc) is 2.91. The Kier molecular flexibility index (Phi) is 4.82. The fraction of sp³-hybridized carbons (Fsp3) is 0.643. The van der Waals surface area contributed by atoms with E-state index in [9.17, 15) is 4.79 Å². The maximum Gasteiger partial charge on any atom is 0.221 e. The molecule has 0 radical (unpaired) electrons. The van der Waals surface area contributed by atoms with Crippen LogP contribution in [0.5, 0.6) is 0 Å². The molecule has 6 nitrogen and oxygen atoms in total. The SMILES string of the molecule is CCn1nc(C)c2[nH]c(=S)n(CCC(=O)NCC(C)C)c21. The Bertz CT molecular complexity index is 694. The number of aryl methyl sites for hydroxylation is 3. The van der Waals surface area contributed by atoms with Crippen molar-refractivity contribution < 1.29 is 4.79 Å². The number of nitrogens with one attached hydrogen (secondary N) is 2. The largest absolute Gasteiger partial charge is 0.356 e. The van der Waals surface area contributed by atoms with Crippen LogP contribution in [-0.4, -0.2) is 31.8 Å². The van der Waals surface area contributed by atoms with E-state index >= 15 is 0 Å². The minimum atomic E-state index is 0.0548. The standard InChI is InChI=1S/C14H23N5OS/c1-5-19-13-12(10(4)17-19)16-14(21)18(13)7-6-11(20)15-8-9(2)3/h9H,5-8H2,1-4H3,(H,15,20)(H,16,21). The summed E-state index contributed by atoms with van der Waals surface area (Å²) in [4.78, 5) is 15.0. The molecule has 7 heteroatoms. The molecule has 0 saturated heterocycles. The third-order valence-corrected chi connectivity index (χ3v) is 3.73. The first-order chi connectivity index (χ1) is 9.93. The van der Waals surface area contributed by atoms with Gasteiger partial charge in [-0.15, -0.1) is 0 Å². The van der Waals surface area contributed by atoms with Crippen molar-refractivity contribution in [1.82, 2.24) is 24.6 Å². The Morgan fingerprint density at radius 3 is 2.81 bits per heavy atom. The van der Waals surface area contributed by atoms with E-state index in [1.165, 1.54) is 0 Å². The fourth-order valence-electron chi connectivity index (χ4n) is 2.31. The fourth-order valence-corrected chi connectivity index (χ4v) is 2.59. The van der Waals surface area contributed by atoms with Gasteiger partial charge in [0.15, 0.2) is 10.4 Å². The number of nitrogens with zero attached hydrogens (tertiary/aromatic N) is 3. The number of hydrogen-bond acceptors (Lipinski definition) is 3. The summed E-state index contributed by atoms with van der Waals surface area (Å²) < 4.78 is 4.52. The molecule has 0 aliphatic carbocycles. The molecule has 0 bridgehead atoms. The van der Waals surface area contributed by atoms with Gasteiger partial charge in [-0.2, -0.15) is 5.10 Å². The Labute approximate surface area is 129 Å². The lowest BCUT2D eigenvalue weighted by Crippen LogP contribution is -2.28. The highest BCUT2D eigenvalue weighted by molar-refractivity contribution is 7.71. The lowest BCUT2D eigenvalue weighted by Gasteiger charge is -2.09. The number of amides is 1. The van der Waals surface area contributed by atoms with Gasteiger partial charge in [-0.3, -0.25) is 4.79 Å². The number of hydrogen-bond donors (Lipinski definition) is 2. The highest BCUT2D eigenvalue weighted by Gasteiger charge is 2.14. The molecule has 1 amide bonds. The molecule has 2 aromatic rings. The van der Waals surface area contributed by atoms with Gasteiger partial charge in [-0.25, -0.2) is 4.68 Å². The van der Waals surface area contributed by atoms with Crippen LogP contribution >= 0.6 is 12.2 Å².